The zero-order valence-corrected chi connectivity index (χ0v) is 15.8. The molecule has 0 radical (unpaired) electrons. The van der Waals surface area contributed by atoms with Crippen molar-refractivity contribution in [2.45, 2.75) is 78.6 Å². The van der Waals surface area contributed by atoms with E-state index >= 15 is 0 Å². The van der Waals surface area contributed by atoms with Gasteiger partial charge in [0.25, 0.3) is 0 Å². The van der Waals surface area contributed by atoms with Crippen molar-refractivity contribution >= 4 is 5.97 Å². The second-order valence-electron chi connectivity index (χ2n) is 8.07. The van der Waals surface area contributed by atoms with E-state index in [1.165, 1.54) is 0 Å². The molecule has 2 rings (SSSR count). The summed E-state index contributed by atoms with van der Waals surface area (Å²) in [5, 5.41) is 21.9. The molecular formula is C20H32O4. The van der Waals surface area contributed by atoms with Gasteiger partial charge in [-0.1, -0.05) is 31.1 Å². The van der Waals surface area contributed by atoms with Crippen LogP contribution >= 0.6 is 0 Å². The molecule has 0 aromatic rings. The Morgan fingerprint density at radius 3 is 2.58 bits per heavy atom. The number of hydrogen-bond donors (Lipinski definition) is 2. The van der Waals surface area contributed by atoms with Gasteiger partial charge in [-0.05, 0) is 46.5 Å². The van der Waals surface area contributed by atoms with Gasteiger partial charge >= 0.3 is 5.97 Å². The number of aliphatic hydroxyl groups excluding tert-OH is 1. The first kappa shape index (κ1) is 19.2. The van der Waals surface area contributed by atoms with Crippen molar-refractivity contribution in [2.75, 3.05) is 0 Å². The van der Waals surface area contributed by atoms with E-state index in [9.17, 15) is 15.0 Å². The molecule has 0 amide bonds. The van der Waals surface area contributed by atoms with Gasteiger partial charge in [-0.2, -0.15) is 0 Å². The fraction of sp³-hybridized carbons (Fsp3) is 0.750. The van der Waals surface area contributed by atoms with Crippen molar-refractivity contribution in [3.63, 3.8) is 0 Å². The second kappa shape index (κ2) is 7.01. The fourth-order valence-electron chi connectivity index (χ4n) is 4.43. The van der Waals surface area contributed by atoms with Crippen LogP contribution in [-0.4, -0.2) is 34.0 Å². The normalized spacial score (nSPS) is 37.5. The van der Waals surface area contributed by atoms with Crippen molar-refractivity contribution < 1.29 is 19.7 Å². The second-order valence-corrected chi connectivity index (χ2v) is 8.07. The van der Waals surface area contributed by atoms with Crippen LogP contribution in [-0.2, 0) is 9.53 Å². The van der Waals surface area contributed by atoms with Crippen molar-refractivity contribution in [1.29, 1.82) is 0 Å². The Bertz CT molecular complexity index is 556. The Hall–Kier alpha value is -1.13. The van der Waals surface area contributed by atoms with E-state index in [0.29, 0.717) is 18.4 Å². The summed E-state index contributed by atoms with van der Waals surface area (Å²) in [6.07, 6.45) is 2.78. The third kappa shape index (κ3) is 3.45. The maximum absolute atomic E-state index is 12.3. The summed E-state index contributed by atoms with van der Waals surface area (Å²) in [6.45, 7) is 11.5. The molecule has 5 atom stereocenters. The van der Waals surface area contributed by atoms with Crippen LogP contribution in [0.25, 0.3) is 0 Å². The largest absolute Gasteiger partial charge is 0.458 e. The number of fused-ring (bicyclic) bond motifs is 1. The molecule has 0 spiro atoms. The summed E-state index contributed by atoms with van der Waals surface area (Å²) in [4.78, 5) is 12.3. The number of hydrogen-bond acceptors (Lipinski definition) is 4. The molecule has 0 saturated heterocycles. The monoisotopic (exact) mass is 336 g/mol. The third-order valence-electron chi connectivity index (χ3n) is 5.95. The van der Waals surface area contributed by atoms with Crippen LogP contribution in [0.4, 0.5) is 0 Å². The van der Waals surface area contributed by atoms with Crippen molar-refractivity contribution in [1.82, 2.24) is 0 Å². The van der Waals surface area contributed by atoms with E-state index in [1.807, 2.05) is 34.6 Å². The molecule has 2 aliphatic rings. The maximum Gasteiger partial charge on any atom is 0.333 e. The number of aliphatic hydroxyl groups is 2. The van der Waals surface area contributed by atoms with Crippen LogP contribution in [0.1, 0.15) is 60.8 Å². The highest BCUT2D eigenvalue weighted by molar-refractivity contribution is 5.87. The Balaban J connectivity index is 2.39. The molecule has 4 nitrogen and oxygen atoms in total. The van der Waals surface area contributed by atoms with Gasteiger partial charge in [0.2, 0.25) is 0 Å². The molecule has 4 heteroatoms. The first-order chi connectivity index (χ1) is 11.1. The molecule has 0 aromatic carbocycles. The minimum Gasteiger partial charge on any atom is -0.458 e. The Morgan fingerprint density at radius 2 is 2.04 bits per heavy atom. The summed E-state index contributed by atoms with van der Waals surface area (Å²) in [6, 6.07) is 0. The molecule has 0 heterocycles. The Labute approximate surface area is 145 Å². The van der Waals surface area contributed by atoms with Crippen LogP contribution in [0.3, 0.4) is 0 Å². The van der Waals surface area contributed by atoms with Crippen LogP contribution in [0.5, 0.6) is 0 Å². The minimum absolute atomic E-state index is 0.146. The van der Waals surface area contributed by atoms with E-state index in [-0.39, 0.29) is 29.8 Å². The van der Waals surface area contributed by atoms with E-state index in [4.69, 9.17) is 4.74 Å². The lowest BCUT2D eigenvalue weighted by atomic mass is 9.75. The van der Waals surface area contributed by atoms with E-state index in [1.54, 1.807) is 13.0 Å². The van der Waals surface area contributed by atoms with Crippen LogP contribution in [0.2, 0.25) is 0 Å². The Morgan fingerprint density at radius 1 is 1.42 bits per heavy atom. The van der Waals surface area contributed by atoms with E-state index in [0.717, 1.165) is 17.6 Å². The SMILES string of the molecule is C/C=C(/C)C(=O)O[C@H]1CC(C)=C2CC[C@](C)(O)[C@H]2[C@H](O)[C@@H]1C(C)C. The van der Waals surface area contributed by atoms with Gasteiger partial charge in [0.1, 0.15) is 6.10 Å². The predicted octanol–water partition coefficient (Wildman–Crippen LogP) is 3.38. The lowest BCUT2D eigenvalue weighted by Crippen LogP contribution is -2.46. The van der Waals surface area contributed by atoms with Crippen LogP contribution in [0, 0.1) is 17.8 Å². The zero-order valence-electron chi connectivity index (χ0n) is 15.8. The average Bonchev–Trinajstić information content (AvgIpc) is 2.75. The molecular weight excluding hydrogens is 304 g/mol. The topological polar surface area (TPSA) is 66.8 Å². The number of carbonyl (C=O) groups excluding carboxylic acids is 1. The number of ether oxygens (including phenoxy) is 1. The first-order valence-corrected chi connectivity index (χ1v) is 9.03. The van der Waals surface area contributed by atoms with E-state index < -0.39 is 11.7 Å². The van der Waals surface area contributed by atoms with E-state index in [2.05, 4.69) is 0 Å². The van der Waals surface area contributed by atoms with Gasteiger partial charge in [0, 0.05) is 23.8 Å². The van der Waals surface area contributed by atoms with Gasteiger partial charge in [-0.3, -0.25) is 0 Å². The highest BCUT2D eigenvalue weighted by Crippen LogP contribution is 2.49. The smallest absolute Gasteiger partial charge is 0.333 e. The molecule has 2 aliphatic carbocycles. The molecule has 0 unspecified atom stereocenters. The lowest BCUT2D eigenvalue weighted by Gasteiger charge is -2.38. The number of allylic oxidation sites excluding steroid dienone is 1. The predicted molar refractivity (Wildman–Crippen MR) is 94.3 cm³/mol. The molecule has 1 fully saturated rings. The quantitative estimate of drug-likeness (QED) is 0.471. The maximum atomic E-state index is 12.3. The zero-order chi connectivity index (χ0) is 18.2. The molecule has 0 aromatic heterocycles. The van der Waals surface area contributed by atoms with Crippen LogP contribution in [0.15, 0.2) is 22.8 Å². The number of carbonyl (C=O) groups is 1. The van der Waals surface area contributed by atoms with Gasteiger partial charge < -0.3 is 14.9 Å². The van der Waals surface area contributed by atoms with Crippen molar-refractivity contribution in [3.8, 4) is 0 Å². The molecule has 2 N–H and O–H groups in total. The first-order valence-electron chi connectivity index (χ1n) is 9.03. The van der Waals surface area contributed by atoms with Crippen molar-refractivity contribution in [2.24, 2.45) is 17.8 Å². The molecule has 0 aliphatic heterocycles. The fourth-order valence-corrected chi connectivity index (χ4v) is 4.43. The minimum atomic E-state index is -0.902. The molecule has 0 bridgehead atoms. The summed E-state index contributed by atoms with van der Waals surface area (Å²) < 4.78 is 5.79. The number of esters is 1. The van der Waals surface area contributed by atoms with Crippen molar-refractivity contribution in [3.05, 3.63) is 22.8 Å². The highest BCUT2D eigenvalue weighted by Gasteiger charge is 2.51. The van der Waals surface area contributed by atoms with Gasteiger partial charge in [-0.25, -0.2) is 4.79 Å². The standard InChI is InChI=1S/C20H32O4/c1-7-12(4)19(22)24-15-10-13(5)14-8-9-20(6,23)17(14)18(21)16(15)11(2)3/h7,11,15-18,21,23H,8-10H2,1-6H3/b12-7-/t15-,16+,17+,18+,20-/m0/s1. The average molecular weight is 336 g/mol. The number of rotatable bonds is 3. The van der Waals surface area contributed by atoms with Crippen LogP contribution < -0.4 is 0 Å². The van der Waals surface area contributed by atoms with Gasteiger partial charge in [-0.15, -0.1) is 0 Å². The van der Waals surface area contributed by atoms with Gasteiger partial charge in [0.15, 0.2) is 0 Å². The lowest BCUT2D eigenvalue weighted by molar-refractivity contribution is -0.153. The summed E-state index contributed by atoms with van der Waals surface area (Å²) in [7, 11) is 0. The highest BCUT2D eigenvalue weighted by atomic mass is 16.5. The Kier molecular flexibility index (Phi) is 5.61. The summed E-state index contributed by atoms with van der Waals surface area (Å²) in [5.74, 6) is -0.638. The third-order valence-corrected chi connectivity index (χ3v) is 5.95. The molecule has 1 saturated carbocycles. The summed E-state index contributed by atoms with van der Waals surface area (Å²) in [5.41, 5.74) is 1.98. The molecule has 136 valence electrons. The summed E-state index contributed by atoms with van der Waals surface area (Å²) >= 11 is 0. The molecule has 24 heavy (non-hydrogen) atoms. The van der Waals surface area contributed by atoms with Gasteiger partial charge in [0.05, 0.1) is 11.7 Å².